The number of nitrogens with one attached hydrogen (secondary N) is 1. The fraction of sp³-hybridized carbons (Fsp3) is 0.300. The highest BCUT2D eigenvalue weighted by Crippen LogP contribution is 2.33. The second-order valence-electron chi connectivity index (χ2n) is 6.60. The lowest BCUT2D eigenvalue weighted by Crippen LogP contribution is -2.36. The lowest BCUT2D eigenvalue weighted by Gasteiger charge is -2.22. The van der Waals surface area contributed by atoms with Crippen molar-refractivity contribution in [3.05, 3.63) is 56.8 Å². The topological polar surface area (TPSA) is 109 Å². The molecule has 1 aliphatic carbocycles. The van der Waals surface area contributed by atoms with E-state index < -0.39 is 10.8 Å². The van der Waals surface area contributed by atoms with Gasteiger partial charge in [-0.15, -0.1) is 0 Å². The third-order valence-electron chi connectivity index (χ3n) is 4.64. The van der Waals surface area contributed by atoms with E-state index in [9.17, 15) is 20.2 Å². The minimum Gasteiger partial charge on any atom is -0.456 e. The van der Waals surface area contributed by atoms with Crippen molar-refractivity contribution in [2.75, 3.05) is 0 Å². The van der Waals surface area contributed by atoms with Crippen molar-refractivity contribution in [1.82, 2.24) is 5.32 Å². The molecule has 0 bridgehead atoms. The molecule has 1 aromatic carbocycles. The molecule has 0 aliphatic heterocycles. The van der Waals surface area contributed by atoms with Gasteiger partial charge in [-0.1, -0.05) is 30.9 Å². The van der Waals surface area contributed by atoms with Gasteiger partial charge in [0.1, 0.15) is 23.2 Å². The molecule has 7 nitrogen and oxygen atoms in total. The first-order valence-corrected chi connectivity index (χ1v) is 9.32. The molecule has 144 valence electrons. The second kappa shape index (κ2) is 8.72. The Bertz CT molecular complexity index is 968. The average Bonchev–Trinajstić information content (AvgIpc) is 3.15. The van der Waals surface area contributed by atoms with Crippen molar-refractivity contribution >= 4 is 29.3 Å². The lowest BCUT2D eigenvalue weighted by atomic mass is 9.95. The van der Waals surface area contributed by atoms with E-state index in [0.717, 1.165) is 25.7 Å². The van der Waals surface area contributed by atoms with Crippen LogP contribution in [0.4, 0.5) is 5.69 Å². The molecule has 1 N–H and O–H groups in total. The predicted molar refractivity (Wildman–Crippen MR) is 104 cm³/mol. The molecule has 1 saturated carbocycles. The van der Waals surface area contributed by atoms with Crippen molar-refractivity contribution < 1.29 is 14.1 Å². The van der Waals surface area contributed by atoms with Crippen LogP contribution < -0.4 is 5.32 Å². The SMILES string of the molecule is N#C/C(=C/c1ccc(-c2ccc(Cl)cc2[N+](=O)[O-])o1)C(=O)NC1CCCCC1. The van der Waals surface area contributed by atoms with Gasteiger partial charge in [-0.3, -0.25) is 14.9 Å². The van der Waals surface area contributed by atoms with Crippen LogP contribution in [0.1, 0.15) is 37.9 Å². The van der Waals surface area contributed by atoms with E-state index in [1.165, 1.54) is 30.7 Å². The van der Waals surface area contributed by atoms with Crippen LogP contribution in [0.15, 0.2) is 40.3 Å². The summed E-state index contributed by atoms with van der Waals surface area (Å²) in [6.45, 7) is 0. The van der Waals surface area contributed by atoms with Crippen LogP contribution in [0.3, 0.4) is 0 Å². The van der Waals surface area contributed by atoms with E-state index in [0.29, 0.717) is 0 Å². The number of benzene rings is 1. The summed E-state index contributed by atoms with van der Waals surface area (Å²) in [5, 5.41) is 23.7. The average molecular weight is 400 g/mol. The molecule has 1 aromatic heterocycles. The molecule has 1 fully saturated rings. The molecule has 0 unspecified atom stereocenters. The molecule has 28 heavy (non-hydrogen) atoms. The Morgan fingerprint density at radius 2 is 2.04 bits per heavy atom. The summed E-state index contributed by atoms with van der Waals surface area (Å²) < 4.78 is 5.62. The Kier molecular flexibility index (Phi) is 6.12. The van der Waals surface area contributed by atoms with Gasteiger partial charge in [-0.25, -0.2) is 0 Å². The number of halogens is 1. The van der Waals surface area contributed by atoms with Gasteiger partial charge < -0.3 is 9.73 Å². The minimum atomic E-state index is -0.544. The van der Waals surface area contributed by atoms with Crippen LogP contribution in [0.25, 0.3) is 17.4 Å². The zero-order valence-corrected chi connectivity index (χ0v) is 15.7. The largest absolute Gasteiger partial charge is 0.456 e. The van der Waals surface area contributed by atoms with Gasteiger partial charge in [0.05, 0.1) is 10.5 Å². The Balaban J connectivity index is 1.82. The number of rotatable bonds is 5. The van der Waals surface area contributed by atoms with Crippen molar-refractivity contribution in [2.24, 2.45) is 0 Å². The fourth-order valence-corrected chi connectivity index (χ4v) is 3.41. The summed E-state index contributed by atoms with van der Waals surface area (Å²) in [6.07, 6.45) is 6.46. The van der Waals surface area contributed by atoms with Gasteiger partial charge >= 0.3 is 0 Å². The first kappa shape index (κ1) is 19.6. The highest BCUT2D eigenvalue weighted by molar-refractivity contribution is 6.30. The molecule has 1 amide bonds. The van der Waals surface area contributed by atoms with Gasteiger partial charge in [0.25, 0.3) is 11.6 Å². The molecule has 0 saturated heterocycles. The highest BCUT2D eigenvalue weighted by Gasteiger charge is 2.20. The fourth-order valence-electron chi connectivity index (χ4n) is 3.24. The molecule has 1 heterocycles. The number of nitrogens with zero attached hydrogens (tertiary/aromatic N) is 2. The van der Waals surface area contributed by atoms with Crippen LogP contribution >= 0.6 is 11.6 Å². The number of nitriles is 1. The highest BCUT2D eigenvalue weighted by atomic mass is 35.5. The van der Waals surface area contributed by atoms with Crippen LogP contribution in [0, 0.1) is 21.4 Å². The zero-order chi connectivity index (χ0) is 20.1. The third-order valence-corrected chi connectivity index (χ3v) is 4.88. The summed E-state index contributed by atoms with van der Waals surface area (Å²) in [4.78, 5) is 23.1. The third kappa shape index (κ3) is 4.59. The number of carbonyl (C=O) groups is 1. The van der Waals surface area contributed by atoms with Crippen molar-refractivity contribution in [1.29, 1.82) is 5.26 Å². The van der Waals surface area contributed by atoms with Gasteiger partial charge in [0.15, 0.2) is 0 Å². The molecule has 0 spiro atoms. The number of furan rings is 1. The van der Waals surface area contributed by atoms with E-state index in [1.807, 2.05) is 6.07 Å². The molecule has 3 rings (SSSR count). The van der Waals surface area contributed by atoms with Crippen LogP contribution in [-0.4, -0.2) is 16.9 Å². The summed E-state index contributed by atoms with van der Waals surface area (Å²) >= 11 is 5.83. The monoisotopic (exact) mass is 399 g/mol. The quantitative estimate of drug-likeness (QED) is 0.334. The Morgan fingerprint density at radius 1 is 1.29 bits per heavy atom. The molecule has 1 aliphatic rings. The minimum absolute atomic E-state index is 0.0721. The number of hydrogen-bond donors (Lipinski definition) is 1. The predicted octanol–water partition coefficient (Wildman–Crippen LogP) is 4.86. The van der Waals surface area contributed by atoms with E-state index in [-0.39, 0.29) is 39.4 Å². The molecule has 0 atom stereocenters. The number of carbonyl (C=O) groups excluding carboxylic acids is 1. The Morgan fingerprint density at radius 3 is 2.71 bits per heavy atom. The first-order chi connectivity index (χ1) is 13.5. The lowest BCUT2D eigenvalue weighted by molar-refractivity contribution is -0.384. The number of amides is 1. The van der Waals surface area contributed by atoms with Crippen LogP contribution in [-0.2, 0) is 4.79 Å². The smallest absolute Gasteiger partial charge is 0.281 e. The second-order valence-corrected chi connectivity index (χ2v) is 7.04. The van der Waals surface area contributed by atoms with E-state index >= 15 is 0 Å². The summed E-state index contributed by atoms with van der Waals surface area (Å²) in [5.74, 6) is 0.0685. The number of nitro groups is 1. The van der Waals surface area contributed by atoms with Crippen LogP contribution in [0.5, 0.6) is 0 Å². The molecule has 2 aromatic rings. The Hall–Kier alpha value is -3.11. The summed E-state index contributed by atoms with van der Waals surface area (Å²) in [7, 11) is 0. The van der Waals surface area contributed by atoms with Crippen LogP contribution in [0.2, 0.25) is 5.02 Å². The van der Waals surface area contributed by atoms with Crippen molar-refractivity contribution in [2.45, 2.75) is 38.1 Å². The zero-order valence-electron chi connectivity index (χ0n) is 15.0. The Labute approximate surface area is 166 Å². The van der Waals surface area contributed by atoms with E-state index in [2.05, 4.69) is 5.32 Å². The maximum Gasteiger partial charge on any atom is 0.281 e. The van der Waals surface area contributed by atoms with Gasteiger partial charge in [-0.05, 0) is 37.1 Å². The molecular formula is C20H18ClN3O4. The van der Waals surface area contributed by atoms with E-state index in [1.54, 1.807) is 12.1 Å². The van der Waals surface area contributed by atoms with Crippen molar-refractivity contribution in [3.8, 4) is 17.4 Å². The number of hydrogen-bond acceptors (Lipinski definition) is 5. The van der Waals surface area contributed by atoms with Gasteiger partial charge in [0.2, 0.25) is 0 Å². The normalized spacial score (nSPS) is 15.1. The maximum absolute atomic E-state index is 12.4. The maximum atomic E-state index is 12.4. The summed E-state index contributed by atoms with van der Waals surface area (Å²) in [5.41, 5.74) is 0.00391. The standard InChI is InChI=1S/C20H18ClN3O4/c21-14-6-8-17(18(11-14)24(26)27)19-9-7-16(28-19)10-13(12-22)20(25)23-15-4-2-1-3-5-15/h6-11,15H,1-5H2,(H,23,25)/b13-10-. The van der Waals surface area contributed by atoms with E-state index in [4.69, 9.17) is 16.0 Å². The summed E-state index contributed by atoms with van der Waals surface area (Å²) in [6, 6.07) is 9.35. The van der Waals surface area contributed by atoms with Gasteiger partial charge in [-0.2, -0.15) is 5.26 Å². The van der Waals surface area contributed by atoms with Gasteiger partial charge in [0, 0.05) is 23.2 Å². The molecule has 0 radical (unpaired) electrons. The molecular weight excluding hydrogens is 382 g/mol. The molecule has 8 heteroatoms. The number of nitro benzene ring substituents is 1. The van der Waals surface area contributed by atoms with Crippen molar-refractivity contribution in [3.63, 3.8) is 0 Å². The first-order valence-electron chi connectivity index (χ1n) is 8.94.